The highest BCUT2D eigenvalue weighted by Crippen LogP contribution is 2.36. The molecule has 3 N–H and O–H groups in total. The molecule has 0 radical (unpaired) electrons. The van der Waals surface area contributed by atoms with Crippen molar-refractivity contribution in [2.45, 2.75) is 37.6 Å². The molecule has 1 fully saturated rings. The highest BCUT2D eigenvalue weighted by molar-refractivity contribution is 5.97. The van der Waals surface area contributed by atoms with Crippen molar-refractivity contribution in [3.63, 3.8) is 0 Å². The van der Waals surface area contributed by atoms with Crippen LogP contribution in [0, 0.1) is 0 Å². The van der Waals surface area contributed by atoms with Crippen molar-refractivity contribution in [1.82, 2.24) is 10.1 Å². The first-order valence-corrected chi connectivity index (χ1v) is 8.34. The van der Waals surface area contributed by atoms with Crippen LogP contribution in [0.2, 0.25) is 0 Å². The molecule has 1 aliphatic heterocycles. The highest BCUT2D eigenvalue weighted by Gasteiger charge is 2.36. The number of carbonyl (C=O) groups excluding carboxylic acids is 1. The Morgan fingerprint density at radius 1 is 1.32 bits per heavy atom. The number of hydrogen-bond donors (Lipinski definition) is 2. The fourth-order valence-electron chi connectivity index (χ4n) is 3.48. The standard InChI is InChI=1S/C17H21N5O2.ClH/c1-22-9-6-14(23)19-12-10-11(4-5-13(12)22)15-20-16(21-24-15)17(18)7-2-3-8-17;/h4-5,10H,2-3,6-9,18H2,1H3,(H,19,23);1H. The molecule has 8 heteroatoms. The zero-order chi connectivity index (χ0) is 16.7. The van der Waals surface area contributed by atoms with Crippen molar-refractivity contribution in [3.8, 4) is 11.5 Å². The van der Waals surface area contributed by atoms with Gasteiger partial charge < -0.3 is 20.5 Å². The summed E-state index contributed by atoms with van der Waals surface area (Å²) in [7, 11) is 1.97. The first-order valence-electron chi connectivity index (χ1n) is 8.34. The molecule has 0 unspecified atom stereocenters. The minimum atomic E-state index is -0.470. The van der Waals surface area contributed by atoms with E-state index in [0.29, 0.717) is 24.7 Å². The van der Waals surface area contributed by atoms with E-state index in [4.69, 9.17) is 10.3 Å². The molecular weight excluding hydrogens is 342 g/mol. The lowest BCUT2D eigenvalue weighted by Crippen LogP contribution is -2.34. The van der Waals surface area contributed by atoms with E-state index < -0.39 is 5.54 Å². The number of halogens is 1. The molecule has 134 valence electrons. The Morgan fingerprint density at radius 2 is 2.08 bits per heavy atom. The molecule has 1 aliphatic carbocycles. The highest BCUT2D eigenvalue weighted by atomic mass is 35.5. The summed E-state index contributed by atoms with van der Waals surface area (Å²) < 4.78 is 5.44. The van der Waals surface area contributed by atoms with Gasteiger partial charge in [0.2, 0.25) is 5.91 Å². The van der Waals surface area contributed by atoms with Gasteiger partial charge in [-0.3, -0.25) is 4.79 Å². The van der Waals surface area contributed by atoms with E-state index in [0.717, 1.165) is 42.6 Å². The van der Waals surface area contributed by atoms with E-state index in [1.165, 1.54) is 0 Å². The number of hydrogen-bond acceptors (Lipinski definition) is 6. The molecule has 0 saturated heterocycles. The Hall–Kier alpha value is -2.12. The maximum Gasteiger partial charge on any atom is 0.258 e. The SMILES string of the molecule is CN1CCC(=O)Nc2cc(-c3nc(C4(N)CCCC4)no3)ccc21.Cl. The number of aromatic nitrogens is 2. The average molecular weight is 364 g/mol. The van der Waals surface area contributed by atoms with Gasteiger partial charge in [-0.05, 0) is 31.0 Å². The molecule has 0 bridgehead atoms. The predicted octanol–water partition coefficient (Wildman–Crippen LogP) is 2.66. The molecule has 2 aliphatic rings. The van der Waals surface area contributed by atoms with Gasteiger partial charge in [0.1, 0.15) is 0 Å². The number of rotatable bonds is 2. The summed E-state index contributed by atoms with van der Waals surface area (Å²) in [6, 6.07) is 5.78. The summed E-state index contributed by atoms with van der Waals surface area (Å²) in [5, 5.41) is 7.04. The Balaban J connectivity index is 0.00000182. The van der Waals surface area contributed by atoms with E-state index in [1.807, 2.05) is 25.2 Å². The van der Waals surface area contributed by atoms with Crippen molar-refractivity contribution in [2.24, 2.45) is 5.73 Å². The summed E-state index contributed by atoms with van der Waals surface area (Å²) >= 11 is 0. The Kier molecular flexibility index (Phi) is 4.71. The molecule has 4 rings (SSSR count). The van der Waals surface area contributed by atoms with Crippen molar-refractivity contribution < 1.29 is 9.32 Å². The number of amides is 1. The zero-order valence-electron chi connectivity index (χ0n) is 14.1. The average Bonchev–Trinajstić information content (AvgIpc) is 3.20. The summed E-state index contributed by atoms with van der Waals surface area (Å²) in [6.45, 7) is 0.693. The number of carbonyl (C=O) groups is 1. The molecule has 0 spiro atoms. The Labute approximate surface area is 152 Å². The van der Waals surface area contributed by atoms with Gasteiger partial charge in [0.05, 0.1) is 16.9 Å². The lowest BCUT2D eigenvalue weighted by Gasteiger charge is -2.18. The van der Waals surface area contributed by atoms with Crippen LogP contribution >= 0.6 is 12.4 Å². The van der Waals surface area contributed by atoms with Crippen LogP contribution in [0.1, 0.15) is 37.9 Å². The molecule has 0 atom stereocenters. The van der Waals surface area contributed by atoms with E-state index in [2.05, 4.69) is 20.4 Å². The fourth-order valence-corrected chi connectivity index (χ4v) is 3.48. The number of nitrogens with one attached hydrogen (secondary N) is 1. The number of nitrogens with two attached hydrogens (primary N) is 1. The minimum absolute atomic E-state index is 0. The van der Waals surface area contributed by atoms with Gasteiger partial charge in [-0.25, -0.2) is 0 Å². The molecule has 2 aromatic rings. The van der Waals surface area contributed by atoms with E-state index in [-0.39, 0.29) is 18.3 Å². The summed E-state index contributed by atoms with van der Waals surface area (Å²) in [5.41, 5.74) is 8.45. The molecule has 1 aromatic carbocycles. The lowest BCUT2D eigenvalue weighted by atomic mass is 9.99. The van der Waals surface area contributed by atoms with Gasteiger partial charge in [-0.2, -0.15) is 4.98 Å². The van der Waals surface area contributed by atoms with Crippen LogP contribution in [0.4, 0.5) is 11.4 Å². The Bertz CT molecular complexity index is 785. The molecule has 1 saturated carbocycles. The molecule has 2 heterocycles. The second kappa shape index (κ2) is 6.65. The van der Waals surface area contributed by atoms with Crippen LogP contribution in [0.15, 0.2) is 22.7 Å². The van der Waals surface area contributed by atoms with Crippen LogP contribution < -0.4 is 16.0 Å². The first-order chi connectivity index (χ1) is 11.5. The van der Waals surface area contributed by atoms with E-state index >= 15 is 0 Å². The molecule has 25 heavy (non-hydrogen) atoms. The minimum Gasteiger partial charge on any atom is -0.372 e. The van der Waals surface area contributed by atoms with Crippen molar-refractivity contribution >= 4 is 29.7 Å². The van der Waals surface area contributed by atoms with Crippen LogP contribution in [0.25, 0.3) is 11.5 Å². The van der Waals surface area contributed by atoms with E-state index in [9.17, 15) is 4.79 Å². The monoisotopic (exact) mass is 363 g/mol. The number of fused-ring (bicyclic) bond motifs is 1. The zero-order valence-corrected chi connectivity index (χ0v) is 14.9. The van der Waals surface area contributed by atoms with Crippen LogP contribution in [-0.2, 0) is 10.3 Å². The number of anilines is 2. The first kappa shape index (κ1) is 17.7. The van der Waals surface area contributed by atoms with Gasteiger partial charge in [-0.15, -0.1) is 12.4 Å². The molecule has 1 aromatic heterocycles. The summed E-state index contributed by atoms with van der Waals surface area (Å²) in [4.78, 5) is 18.4. The smallest absolute Gasteiger partial charge is 0.258 e. The van der Waals surface area contributed by atoms with Crippen molar-refractivity contribution in [3.05, 3.63) is 24.0 Å². The topological polar surface area (TPSA) is 97.3 Å². The number of benzene rings is 1. The van der Waals surface area contributed by atoms with E-state index in [1.54, 1.807) is 0 Å². The fraction of sp³-hybridized carbons (Fsp3) is 0.471. The second-order valence-corrected chi connectivity index (χ2v) is 6.74. The third-order valence-electron chi connectivity index (χ3n) is 4.97. The normalized spacial score (nSPS) is 19.0. The van der Waals surface area contributed by atoms with Crippen LogP contribution in [-0.4, -0.2) is 29.6 Å². The third-order valence-corrected chi connectivity index (χ3v) is 4.97. The van der Waals surface area contributed by atoms with Crippen LogP contribution in [0.3, 0.4) is 0 Å². The van der Waals surface area contributed by atoms with Crippen LogP contribution in [0.5, 0.6) is 0 Å². The summed E-state index contributed by atoms with van der Waals surface area (Å²) in [5.74, 6) is 1.02. The predicted molar refractivity (Wildman–Crippen MR) is 97.8 cm³/mol. The largest absolute Gasteiger partial charge is 0.372 e. The van der Waals surface area contributed by atoms with Gasteiger partial charge in [-0.1, -0.05) is 18.0 Å². The van der Waals surface area contributed by atoms with Gasteiger partial charge in [0.15, 0.2) is 5.82 Å². The molecule has 1 amide bonds. The lowest BCUT2D eigenvalue weighted by molar-refractivity contribution is -0.115. The molecular formula is C17H22ClN5O2. The number of nitrogens with zero attached hydrogens (tertiary/aromatic N) is 3. The van der Waals surface area contributed by atoms with Gasteiger partial charge in [0.25, 0.3) is 5.89 Å². The quantitative estimate of drug-likeness (QED) is 0.851. The maximum atomic E-state index is 11.9. The second-order valence-electron chi connectivity index (χ2n) is 6.74. The third kappa shape index (κ3) is 3.21. The maximum absolute atomic E-state index is 11.9. The molecule has 7 nitrogen and oxygen atoms in total. The Morgan fingerprint density at radius 3 is 2.84 bits per heavy atom. The van der Waals surface area contributed by atoms with Gasteiger partial charge in [0, 0.05) is 25.6 Å². The van der Waals surface area contributed by atoms with Gasteiger partial charge >= 0.3 is 0 Å². The van der Waals surface area contributed by atoms with Crippen molar-refractivity contribution in [1.29, 1.82) is 0 Å². The summed E-state index contributed by atoms with van der Waals surface area (Å²) in [6.07, 6.45) is 4.43. The van der Waals surface area contributed by atoms with Crippen molar-refractivity contribution in [2.75, 3.05) is 23.8 Å².